The van der Waals surface area contributed by atoms with E-state index in [1.807, 2.05) is 38.1 Å². The van der Waals surface area contributed by atoms with E-state index in [1.165, 1.54) is 0 Å². The maximum atomic E-state index is 9.13. The lowest BCUT2D eigenvalue weighted by Gasteiger charge is -2.01. The van der Waals surface area contributed by atoms with Gasteiger partial charge in [-0.05, 0) is 12.1 Å². The Morgan fingerprint density at radius 1 is 1.27 bits per heavy atom. The quantitative estimate of drug-likeness (QED) is 0.794. The van der Waals surface area contributed by atoms with E-state index in [4.69, 9.17) is 21.3 Å². The largest absolute Gasteiger partial charge is 0.440 e. The molecule has 0 unspecified atom stereocenters. The van der Waals surface area contributed by atoms with Gasteiger partial charge in [-0.15, -0.1) is 5.10 Å². The number of nitriles is 1. The molecule has 0 radical (unpaired) electrons. The Balaban J connectivity index is 2.20. The molecule has 3 rings (SSSR count). The minimum Gasteiger partial charge on any atom is -0.440 e. The number of rotatable bonds is 3. The molecule has 0 bridgehead atoms. The van der Waals surface area contributed by atoms with Crippen molar-refractivity contribution in [3.05, 3.63) is 40.7 Å². The molecule has 2 aromatic heterocycles. The molecule has 0 atom stereocenters. The van der Waals surface area contributed by atoms with Crippen LogP contribution in [0.3, 0.4) is 0 Å². The van der Waals surface area contributed by atoms with Gasteiger partial charge in [0, 0.05) is 5.92 Å². The SMILES string of the molecule is CC(C)c1oc(-c2ccccc2Cl)nc1-c1nn[nH]c1C#N. The van der Waals surface area contributed by atoms with Gasteiger partial charge in [0.1, 0.15) is 17.5 Å². The molecule has 6 nitrogen and oxygen atoms in total. The first-order valence-electron chi connectivity index (χ1n) is 6.69. The zero-order valence-electron chi connectivity index (χ0n) is 12.0. The van der Waals surface area contributed by atoms with Gasteiger partial charge in [0.25, 0.3) is 0 Å². The third kappa shape index (κ3) is 2.36. The Bertz CT molecular complexity index is 859. The van der Waals surface area contributed by atoms with Gasteiger partial charge in [0.2, 0.25) is 5.89 Å². The lowest BCUT2D eigenvalue weighted by atomic mass is 10.1. The van der Waals surface area contributed by atoms with E-state index in [1.54, 1.807) is 6.07 Å². The highest BCUT2D eigenvalue weighted by atomic mass is 35.5. The monoisotopic (exact) mass is 313 g/mol. The number of halogens is 1. The van der Waals surface area contributed by atoms with Crippen LogP contribution in [0.25, 0.3) is 22.8 Å². The van der Waals surface area contributed by atoms with Gasteiger partial charge >= 0.3 is 0 Å². The topological polar surface area (TPSA) is 91.4 Å². The molecular formula is C15H12ClN5O. The van der Waals surface area contributed by atoms with E-state index in [2.05, 4.69) is 20.4 Å². The Kier molecular flexibility index (Phi) is 3.65. The molecule has 0 aliphatic heterocycles. The number of hydrogen-bond acceptors (Lipinski definition) is 5. The highest BCUT2D eigenvalue weighted by Gasteiger charge is 2.24. The fraction of sp³-hybridized carbons (Fsp3) is 0.200. The van der Waals surface area contributed by atoms with Crippen LogP contribution in [0.5, 0.6) is 0 Å². The number of aromatic amines is 1. The Morgan fingerprint density at radius 3 is 2.73 bits per heavy atom. The highest BCUT2D eigenvalue weighted by Crippen LogP contribution is 2.35. The second kappa shape index (κ2) is 5.62. The summed E-state index contributed by atoms with van der Waals surface area (Å²) in [7, 11) is 0. The van der Waals surface area contributed by atoms with Crippen LogP contribution in [-0.4, -0.2) is 20.4 Å². The Morgan fingerprint density at radius 2 is 2.05 bits per heavy atom. The second-order valence-electron chi connectivity index (χ2n) is 5.01. The van der Waals surface area contributed by atoms with Crippen LogP contribution in [0.15, 0.2) is 28.7 Å². The first-order valence-corrected chi connectivity index (χ1v) is 7.06. The summed E-state index contributed by atoms with van der Waals surface area (Å²) in [5.41, 5.74) is 1.84. The van der Waals surface area contributed by atoms with Crippen LogP contribution in [0, 0.1) is 11.3 Å². The average molecular weight is 314 g/mol. The van der Waals surface area contributed by atoms with Gasteiger partial charge in [0.05, 0.1) is 10.6 Å². The summed E-state index contributed by atoms with van der Waals surface area (Å²) in [4.78, 5) is 4.49. The first-order chi connectivity index (χ1) is 10.6. The molecule has 1 N–H and O–H groups in total. The van der Waals surface area contributed by atoms with Crippen molar-refractivity contribution in [1.82, 2.24) is 20.4 Å². The zero-order valence-corrected chi connectivity index (χ0v) is 12.7. The van der Waals surface area contributed by atoms with Crippen molar-refractivity contribution in [2.24, 2.45) is 0 Å². The Hall–Kier alpha value is -2.65. The molecule has 1 aromatic carbocycles. The van der Waals surface area contributed by atoms with Gasteiger partial charge in [-0.1, -0.05) is 42.8 Å². The minimum atomic E-state index is 0.0713. The molecule has 110 valence electrons. The van der Waals surface area contributed by atoms with Crippen LogP contribution in [-0.2, 0) is 0 Å². The summed E-state index contributed by atoms with van der Waals surface area (Å²) in [6.45, 7) is 3.96. The van der Waals surface area contributed by atoms with Gasteiger partial charge in [-0.3, -0.25) is 0 Å². The standard InChI is InChI=1S/C15H12ClN5O/c1-8(2)14-13(12-11(7-17)19-21-20-12)18-15(22-14)9-5-3-4-6-10(9)16/h3-6,8H,1-2H3,(H,19,20,21). The molecule has 0 saturated heterocycles. The van der Waals surface area contributed by atoms with E-state index < -0.39 is 0 Å². The molecule has 7 heteroatoms. The van der Waals surface area contributed by atoms with Gasteiger partial charge < -0.3 is 4.42 Å². The molecule has 3 aromatic rings. The molecule has 2 heterocycles. The number of nitrogens with zero attached hydrogens (tertiary/aromatic N) is 4. The van der Waals surface area contributed by atoms with Crippen LogP contribution in [0.2, 0.25) is 5.02 Å². The summed E-state index contributed by atoms with van der Waals surface area (Å²) < 4.78 is 5.88. The zero-order chi connectivity index (χ0) is 15.7. The number of nitrogens with one attached hydrogen (secondary N) is 1. The Labute approximate surface area is 131 Å². The van der Waals surface area contributed by atoms with Crippen LogP contribution >= 0.6 is 11.6 Å². The van der Waals surface area contributed by atoms with Crippen LogP contribution in [0.1, 0.15) is 31.2 Å². The molecule has 0 amide bonds. The second-order valence-corrected chi connectivity index (χ2v) is 5.42. The number of H-pyrrole nitrogens is 1. The minimum absolute atomic E-state index is 0.0713. The predicted molar refractivity (Wildman–Crippen MR) is 81.1 cm³/mol. The van der Waals surface area contributed by atoms with Gasteiger partial charge in [-0.2, -0.15) is 5.26 Å². The summed E-state index contributed by atoms with van der Waals surface area (Å²) in [6, 6.07) is 9.31. The number of oxazole rings is 1. The van der Waals surface area contributed by atoms with Crippen LogP contribution < -0.4 is 0 Å². The van der Waals surface area contributed by atoms with Crippen LogP contribution in [0.4, 0.5) is 0 Å². The maximum Gasteiger partial charge on any atom is 0.228 e. The highest BCUT2D eigenvalue weighted by molar-refractivity contribution is 6.33. The fourth-order valence-electron chi connectivity index (χ4n) is 2.11. The van der Waals surface area contributed by atoms with E-state index in [9.17, 15) is 0 Å². The van der Waals surface area contributed by atoms with E-state index in [-0.39, 0.29) is 11.6 Å². The third-order valence-corrected chi connectivity index (χ3v) is 3.50. The molecule has 0 spiro atoms. The summed E-state index contributed by atoms with van der Waals surface area (Å²) >= 11 is 6.20. The van der Waals surface area contributed by atoms with E-state index >= 15 is 0 Å². The average Bonchev–Trinajstić information content (AvgIpc) is 3.13. The number of aromatic nitrogens is 4. The summed E-state index contributed by atoms with van der Waals surface area (Å²) in [5, 5.41) is 19.8. The molecule has 0 saturated carbocycles. The predicted octanol–water partition coefficient (Wildman–Crippen LogP) is 3.78. The van der Waals surface area contributed by atoms with Crippen molar-refractivity contribution in [3.8, 4) is 28.9 Å². The molecular weight excluding hydrogens is 302 g/mol. The summed E-state index contributed by atoms with van der Waals surface area (Å²) in [6.07, 6.45) is 0. The van der Waals surface area contributed by atoms with E-state index in [0.29, 0.717) is 33.6 Å². The van der Waals surface area contributed by atoms with Crippen molar-refractivity contribution in [2.45, 2.75) is 19.8 Å². The van der Waals surface area contributed by atoms with Crippen molar-refractivity contribution in [1.29, 1.82) is 5.26 Å². The van der Waals surface area contributed by atoms with E-state index in [0.717, 1.165) is 0 Å². The normalized spacial score (nSPS) is 10.9. The lowest BCUT2D eigenvalue weighted by Crippen LogP contribution is -1.91. The third-order valence-electron chi connectivity index (χ3n) is 3.17. The maximum absolute atomic E-state index is 9.13. The summed E-state index contributed by atoms with van der Waals surface area (Å²) in [5.74, 6) is 1.11. The number of hydrogen-bond donors (Lipinski definition) is 1. The molecule has 0 aliphatic rings. The van der Waals surface area contributed by atoms with Crippen molar-refractivity contribution < 1.29 is 4.42 Å². The fourth-order valence-corrected chi connectivity index (χ4v) is 2.33. The molecule has 0 aliphatic carbocycles. The van der Waals surface area contributed by atoms with Crippen molar-refractivity contribution in [2.75, 3.05) is 0 Å². The van der Waals surface area contributed by atoms with Gasteiger partial charge in [-0.25, -0.2) is 10.1 Å². The number of benzene rings is 1. The molecule has 22 heavy (non-hydrogen) atoms. The van der Waals surface area contributed by atoms with Gasteiger partial charge in [0.15, 0.2) is 11.4 Å². The van der Waals surface area contributed by atoms with Crippen molar-refractivity contribution in [3.63, 3.8) is 0 Å². The molecule has 0 fully saturated rings. The first kappa shape index (κ1) is 14.3. The lowest BCUT2D eigenvalue weighted by molar-refractivity contribution is 0.496. The smallest absolute Gasteiger partial charge is 0.228 e. The van der Waals surface area contributed by atoms with Crippen molar-refractivity contribution >= 4 is 11.6 Å².